The van der Waals surface area contributed by atoms with Gasteiger partial charge in [0.15, 0.2) is 5.82 Å². The summed E-state index contributed by atoms with van der Waals surface area (Å²) >= 11 is 7.90. The maximum Gasteiger partial charge on any atom is 0.573 e. The lowest BCUT2D eigenvalue weighted by molar-refractivity contribution is -0.274. The lowest BCUT2D eigenvalue weighted by Crippen LogP contribution is -2.17. The predicted octanol–water partition coefficient (Wildman–Crippen LogP) is 4.61. The molecule has 0 N–H and O–H groups in total. The van der Waals surface area contributed by atoms with E-state index in [4.69, 9.17) is 11.6 Å². The number of rotatable bonds is 2. The van der Waals surface area contributed by atoms with E-state index in [-0.39, 0.29) is 22.3 Å². The first-order chi connectivity index (χ1) is 9.28. The van der Waals surface area contributed by atoms with E-state index in [1.165, 1.54) is 18.2 Å². The van der Waals surface area contributed by atoms with Crippen LogP contribution in [0.15, 0.2) is 24.3 Å². The second kappa shape index (κ2) is 5.72. The summed E-state index contributed by atoms with van der Waals surface area (Å²) in [6.07, 6.45) is -4.78. The maximum atomic E-state index is 12.4. The SMILES string of the molecule is Cc1nc(-c2ccccc2OC(F)(F)F)nc(Cl)c1I. The molecule has 0 unspecified atom stereocenters. The molecule has 0 aliphatic rings. The fraction of sp³-hybridized carbons (Fsp3) is 0.167. The molecule has 0 saturated carbocycles. The fourth-order valence-electron chi connectivity index (χ4n) is 1.51. The minimum Gasteiger partial charge on any atom is -0.405 e. The molecule has 106 valence electrons. The Morgan fingerprint density at radius 1 is 1.20 bits per heavy atom. The van der Waals surface area contributed by atoms with E-state index in [1.807, 2.05) is 22.6 Å². The number of halogens is 5. The highest BCUT2D eigenvalue weighted by molar-refractivity contribution is 14.1. The molecular weight excluding hydrogens is 407 g/mol. The van der Waals surface area contributed by atoms with Crippen LogP contribution >= 0.6 is 34.2 Å². The van der Waals surface area contributed by atoms with Crippen LogP contribution in [0.4, 0.5) is 13.2 Å². The van der Waals surface area contributed by atoms with Gasteiger partial charge >= 0.3 is 6.36 Å². The lowest BCUT2D eigenvalue weighted by Gasteiger charge is -2.13. The van der Waals surface area contributed by atoms with Gasteiger partial charge in [-0.25, -0.2) is 9.97 Å². The van der Waals surface area contributed by atoms with Gasteiger partial charge in [0.1, 0.15) is 10.9 Å². The van der Waals surface area contributed by atoms with Gasteiger partial charge in [0.25, 0.3) is 0 Å². The van der Waals surface area contributed by atoms with Crippen molar-refractivity contribution in [3.05, 3.63) is 38.7 Å². The van der Waals surface area contributed by atoms with Gasteiger partial charge in [-0.2, -0.15) is 0 Å². The minimum absolute atomic E-state index is 0.0905. The Labute approximate surface area is 131 Å². The molecule has 1 heterocycles. The van der Waals surface area contributed by atoms with E-state index in [0.29, 0.717) is 9.26 Å². The van der Waals surface area contributed by atoms with Gasteiger partial charge in [0.05, 0.1) is 14.8 Å². The first-order valence-electron chi connectivity index (χ1n) is 5.32. The molecule has 0 aliphatic heterocycles. The summed E-state index contributed by atoms with van der Waals surface area (Å²) in [4.78, 5) is 8.14. The Morgan fingerprint density at radius 3 is 2.45 bits per heavy atom. The first-order valence-corrected chi connectivity index (χ1v) is 6.78. The Balaban J connectivity index is 2.53. The van der Waals surface area contributed by atoms with Crippen molar-refractivity contribution >= 4 is 34.2 Å². The van der Waals surface area contributed by atoms with Gasteiger partial charge in [-0.1, -0.05) is 23.7 Å². The summed E-state index contributed by atoms with van der Waals surface area (Å²) in [6.45, 7) is 1.70. The van der Waals surface area contributed by atoms with Crippen LogP contribution in [0.25, 0.3) is 11.4 Å². The fourth-order valence-corrected chi connectivity index (χ4v) is 1.97. The van der Waals surface area contributed by atoms with Crippen LogP contribution in [0.5, 0.6) is 5.75 Å². The normalized spacial score (nSPS) is 11.5. The molecule has 0 aliphatic carbocycles. The molecule has 2 rings (SSSR count). The van der Waals surface area contributed by atoms with Crippen molar-refractivity contribution in [3.8, 4) is 17.1 Å². The monoisotopic (exact) mass is 414 g/mol. The van der Waals surface area contributed by atoms with Crippen molar-refractivity contribution in [1.29, 1.82) is 0 Å². The standard InChI is InChI=1S/C12H7ClF3IN2O/c1-6-9(17)10(13)19-11(18-6)7-4-2-3-5-8(7)20-12(14,15)16/h2-5H,1H3. The summed E-state index contributed by atoms with van der Waals surface area (Å²) in [5.41, 5.74) is 0.716. The Morgan fingerprint density at radius 2 is 1.85 bits per heavy atom. The highest BCUT2D eigenvalue weighted by atomic mass is 127. The highest BCUT2D eigenvalue weighted by Gasteiger charge is 2.32. The second-order valence-corrected chi connectivity index (χ2v) is 5.22. The number of aryl methyl sites for hydroxylation is 1. The number of benzene rings is 1. The van der Waals surface area contributed by atoms with E-state index >= 15 is 0 Å². The van der Waals surface area contributed by atoms with Crippen molar-refractivity contribution in [3.63, 3.8) is 0 Å². The van der Waals surface area contributed by atoms with Crippen LogP contribution in [0.3, 0.4) is 0 Å². The third-order valence-corrected chi connectivity index (χ3v) is 4.21. The molecule has 0 saturated heterocycles. The predicted molar refractivity (Wildman–Crippen MR) is 76.6 cm³/mol. The number of hydrogen-bond acceptors (Lipinski definition) is 3. The van der Waals surface area contributed by atoms with E-state index in [2.05, 4.69) is 14.7 Å². The van der Waals surface area contributed by atoms with Crippen molar-refractivity contribution in [2.24, 2.45) is 0 Å². The second-order valence-electron chi connectivity index (χ2n) is 3.78. The largest absolute Gasteiger partial charge is 0.573 e. The zero-order chi connectivity index (χ0) is 14.9. The highest BCUT2D eigenvalue weighted by Crippen LogP contribution is 2.33. The van der Waals surface area contributed by atoms with Crippen LogP contribution in [-0.4, -0.2) is 16.3 Å². The molecule has 0 bridgehead atoms. The molecule has 0 amide bonds. The number of ether oxygens (including phenoxy) is 1. The molecular formula is C12H7ClF3IN2O. The van der Waals surface area contributed by atoms with E-state index in [0.717, 1.165) is 0 Å². The van der Waals surface area contributed by atoms with Crippen LogP contribution in [0, 0.1) is 10.5 Å². The number of aromatic nitrogens is 2. The molecule has 1 aromatic carbocycles. The topological polar surface area (TPSA) is 35.0 Å². The molecule has 0 fully saturated rings. The Kier molecular flexibility index (Phi) is 4.38. The van der Waals surface area contributed by atoms with Crippen molar-refractivity contribution in [2.75, 3.05) is 0 Å². The summed E-state index contributed by atoms with van der Waals surface area (Å²) in [6, 6.07) is 5.65. The molecule has 0 atom stereocenters. The van der Waals surface area contributed by atoms with Crippen LogP contribution in [0.2, 0.25) is 5.15 Å². The van der Waals surface area contributed by atoms with Gasteiger partial charge in [-0.05, 0) is 41.6 Å². The van der Waals surface area contributed by atoms with Crippen molar-refractivity contribution in [1.82, 2.24) is 9.97 Å². The lowest BCUT2D eigenvalue weighted by atomic mass is 10.2. The third kappa shape index (κ3) is 3.51. The quantitative estimate of drug-likeness (QED) is 0.532. The summed E-state index contributed by atoms with van der Waals surface area (Å²) in [5, 5.41) is 0.190. The van der Waals surface area contributed by atoms with E-state index in [1.54, 1.807) is 13.0 Å². The van der Waals surface area contributed by atoms with Gasteiger partial charge < -0.3 is 4.74 Å². The van der Waals surface area contributed by atoms with E-state index in [9.17, 15) is 13.2 Å². The van der Waals surface area contributed by atoms with Crippen LogP contribution in [-0.2, 0) is 0 Å². The van der Waals surface area contributed by atoms with Crippen molar-refractivity contribution in [2.45, 2.75) is 13.3 Å². The summed E-state index contributed by atoms with van der Waals surface area (Å²) in [7, 11) is 0. The summed E-state index contributed by atoms with van der Waals surface area (Å²) < 4.78 is 41.7. The van der Waals surface area contributed by atoms with E-state index < -0.39 is 6.36 Å². The molecule has 2 aromatic rings. The molecule has 20 heavy (non-hydrogen) atoms. The molecule has 0 spiro atoms. The number of para-hydroxylation sites is 1. The smallest absolute Gasteiger partial charge is 0.405 e. The van der Waals surface area contributed by atoms with Crippen LogP contribution < -0.4 is 4.74 Å². The maximum absolute atomic E-state index is 12.4. The van der Waals surface area contributed by atoms with Gasteiger partial charge in [-0.3, -0.25) is 0 Å². The van der Waals surface area contributed by atoms with Gasteiger partial charge in [0, 0.05) is 0 Å². The minimum atomic E-state index is -4.78. The van der Waals surface area contributed by atoms with Crippen LogP contribution in [0.1, 0.15) is 5.69 Å². The number of hydrogen-bond donors (Lipinski definition) is 0. The van der Waals surface area contributed by atoms with Gasteiger partial charge in [-0.15, -0.1) is 13.2 Å². The molecule has 8 heteroatoms. The average molecular weight is 415 g/mol. The zero-order valence-electron chi connectivity index (χ0n) is 10.0. The Hall–Kier alpha value is -1.09. The van der Waals surface area contributed by atoms with Crippen molar-refractivity contribution < 1.29 is 17.9 Å². The molecule has 1 aromatic heterocycles. The molecule has 0 radical (unpaired) electrons. The zero-order valence-corrected chi connectivity index (χ0v) is 12.9. The van der Waals surface area contributed by atoms with Gasteiger partial charge in [0.2, 0.25) is 0 Å². The number of nitrogens with zero attached hydrogens (tertiary/aromatic N) is 2. The molecule has 3 nitrogen and oxygen atoms in total. The Bertz CT molecular complexity index is 626. The number of alkyl halides is 3. The third-order valence-electron chi connectivity index (χ3n) is 2.33. The first kappa shape index (κ1) is 15.3. The average Bonchev–Trinajstić information content (AvgIpc) is 2.34. The summed E-state index contributed by atoms with van der Waals surface area (Å²) in [5.74, 6) is -0.274.